The fraction of sp³-hybridized carbons (Fsp3) is 0.345. The van der Waals surface area contributed by atoms with E-state index in [-0.39, 0.29) is 11.3 Å². The van der Waals surface area contributed by atoms with Crippen molar-refractivity contribution in [2.24, 2.45) is 10.8 Å². The Bertz CT molecular complexity index is 1310. The van der Waals surface area contributed by atoms with Crippen molar-refractivity contribution in [3.63, 3.8) is 0 Å². The predicted molar refractivity (Wildman–Crippen MR) is 130 cm³/mol. The highest BCUT2D eigenvalue weighted by Crippen LogP contribution is 2.80. The minimum absolute atomic E-state index is 0.0569. The van der Waals surface area contributed by atoms with Crippen molar-refractivity contribution < 1.29 is 18.7 Å². The first-order valence-corrected chi connectivity index (χ1v) is 11.5. The summed E-state index contributed by atoms with van der Waals surface area (Å²) in [7, 11) is 0. The highest BCUT2D eigenvalue weighted by molar-refractivity contribution is 5.89. The van der Waals surface area contributed by atoms with Crippen molar-refractivity contribution in [2.75, 3.05) is 0 Å². The standard InChI is InChI=1S/C29H29FN2O3/c1-26(2,3)19-12-14-20(15-13-19)29(27(4,5)28(29,6)25(33)34-18-31)23-17-16-22(30)24(32-23)35-21-10-8-7-9-11-21/h7-17H,1-6H3. The van der Waals surface area contributed by atoms with Gasteiger partial charge in [0.25, 0.3) is 12.1 Å². The summed E-state index contributed by atoms with van der Waals surface area (Å²) < 4.78 is 25.4. The maximum atomic E-state index is 14.8. The lowest BCUT2D eigenvalue weighted by atomic mass is 9.79. The van der Waals surface area contributed by atoms with Gasteiger partial charge in [-0.2, -0.15) is 0 Å². The molecule has 0 spiro atoms. The number of hydrogen-bond acceptors (Lipinski definition) is 5. The molecule has 1 aliphatic carbocycles. The number of hydrogen-bond donors (Lipinski definition) is 0. The van der Waals surface area contributed by atoms with Gasteiger partial charge >= 0.3 is 5.97 Å². The summed E-state index contributed by atoms with van der Waals surface area (Å²) in [6.45, 7) is 12.0. The van der Waals surface area contributed by atoms with Crippen LogP contribution in [0.1, 0.15) is 58.4 Å². The lowest BCUT2D eigenvalue weighted by Crippen LogP contribution is -2.27. The lowest BCUT2D eigenvalue weighted by Gasteiger charge is -2.25. The quantitative estimate of drug-likeness (QED) is 0.306. The largest absolute Gasteiger partial charge is 0.436 e. The van der Waals surface area contributed by atoms with Crippen molar-refractivity contribution in [3.05, 3.63) is 89.4 Å². The van der Waals surface area contributed by atoms with E-state index in [9.17, 15) is 9.18 Å². The van der Waals surface area contributed by atoms with Gasteiger partial charge in [-0.3, -0.25) is 4.79 Å². The molecule has 6 heteroatoms. The van der Waals surface area contributed by atoms with Crippen molar-refractivity contribution >= 4 is 5.97 Å². The van der Waals surface area contributed by atoms with Crippen molar-refractivity contribution in [3.8, 4) is 17.9 Å². The number of para-hydroxylation sites is 1. The zero-order chi connectivity index (χ0) is 25.6. The van der Waals surface area contributed by atoms with Gasteiger partial charge in [0, 0.05) is 0 Å². The van der Waals surface area contributed by atoms with Crippen LogP contribution in [0.4, 0.5) is 4.39 Å². The molecule has 180 valence electrons. The van der Waals surface area contributed by atoms with Gasteiger partial charge in [0.05, 0.1) is 16.5 Å². The number of pyridine rings is 1. The van der Waals surface area contributed by atoms with E-state index >= 15 is 0 Å². The Labute approximate surface area is 205 Å². The molecular formula is C29H29FN2O3. The fourth-order valence-electron chi connectivity index (χ4n) is 5.54. The number of benzene rings is 2. The number of esters is 1. The SMILES string of the molecule is CC(C)(C)c1ccc(C2(c3ccc(F)c(Oc4ccccc4)n3)C(C)(C)C2(C)C(=O)OC#N)cc1. The second-order valence-electron chi connectivity index (χ2n) is 10.7. The number of carbonyl (C=O) groups excluding carboxylic acids is 1. The second-order valence-corrected chi connectivity index (χ2v) is 10.7. The monoisotopic (exact) mass is 472 g/mol. The molecule has 0 radical (unpaired) electrons. The van der Waals surface area contributed by atoms with Crippen LogP contribution in [0, 0.1) is 28.2 Å². The molecule has 1 aromatic heterocycles. The lowest BCUT2D eigenvalue weighted by molar-refractivity contribution is -0.144. The first-order valence-electron chi connectivity index (χ1n) is 11.5. The van der Waals surface area contributed by atoms with E-state index in [2.05, 4.69) is 25.8 Å². The molecule has 0 bridgehead atoms. The number of nitrogens with zero attached hydrogens (tertiary/aromatic N) is 2. The minimum Gasteiger partial charge on any atom is -0.436 e. The van der Waals surface area contributed by atoms with Crippen LogP contribution < -0.4 is 4.74 Å². The molecule has 3 aromatic rings. The van der Waals surface area contributed by atoms with Crippen molar-refractivity contribution in [1.82, 2.24) is 4.98 Å². The van der Waals surface area contributed by atoms with Crippen LogP contribution in [0.5, 0.6) is 11.6 Å². The third-order valence-electron chi connectivity index (χ3n) is 7.76. The fourth-order valence-corrected chi connectivity index (χ4v) is 5.54. The molecule has 0 saturated heterocycles. The molecule has 1 saturated carbocycles. The maximum Gasteiger partial charge on any atom is 0.329 e. The summed E-state index contributed by atoms with van der Waals surface area (Å²) in [5.41, 5.74) is -0.435. The van der Waals surface area contributed by atoms with Gasteiger partial charge in [-0.15, -0.1) is 5.26 Å². The van der Waals surface area contributed by atoms with E-state index < -0.39 is 28.0 Å². The third kappa shape index (κ3) is 3.49. The Hall–Kier alpha value is -3.72. The van der Waals surface area contributed by atoms with Crippen LogP contribution in [0.2, 0.25) is 0 Å². The average molecular weight is 473 g/mol. The first-order chi connectivity index (χ1) is 16.4. The van der Waals surface area contributed by atoms with E-state index in [0.717, 1.165) is 11.1 Å². The van der Waals surface area contributed by atoms with Crippen LogP contribution in [-0.4, -0.2) is 11.0 Å². The van der Waals surface area contributed by atoms with Crippen LogP contribution in [0.15, 0.2) is 66.7 Å². The van der Waals surface area contributed by atoms with Crippen molar-refractivity contribution in [2.45, 2.75) is 52.4 Å². The zero-order valence-electron chi connectivity index (χ0n) is 20.8. The number of carbonyl (C=O) groups is 1. The predicted octanol–water partition coefficient (Wildman–Crippen LogP) is 6.67. The Balaban J connectivity index is 1.91. The summed E-state index contributed by atoms with van der Waals surface area (Å²) in [5.74, 6) is -1.00. The van der Waals surface area contributed by atoms with E-state index in [1.165, 1.54) is 12.3 Å². The van der Waals surface area contributed by atoms with Gasteiger partial charge in [-0.05, 0) is 53.1 Å². The molecule has 4 rings (SSSR count). The molecule has 5 nitrogen and oxygen atoms in total. The zero-order valence-corrected chi connectivity index (χ0v) is 20.8. The highest BCUT2D eigenvalue weighted by atomic mass is 19.1. The summed E-state index contributed by atoms with van der Waals surface area (Å²) in [6, 6.07) is 19.7. The van der Waals surface area contributed by atoms with E-state index in [4.69, 9.17) is 14.7 Å². The number of aromatic nitrogens is 1. The maximum absolute atomic E-state index is 14.8. The van der Waals surface area contributed by atoms with E-state index in [1.807, 2.05) is 44.2 Å². The van der Waals surface area contributed by atoms with Gasteiger partial charge in [0.1, 0.15) is 5.75 Å². The summed E-state index contributed by atoms with van der Waals surface area (Å²) in [4.78, 5) is 17.8. The summed E-state index contributed by atoms with van der Waals surface area (Å²) >= 11 is 0. The van der Waals surface area contributed by atoms with Crippen LogP contribution in [-0.2, 0) is 20.4 Å². The van der Waals surface area contributed by atoms with Gasteiger partial charge in [0.15, 0.2) is 5.82 Å². The number of rotatable bonds is 5. The Morgan fingerprint density at radius 2 is 1.60 bits per heavy atom. The van der Waals surface area contributed by atoms with Gasteiger partial charge in [0.2, 0.25) is 0 Å². The second kappa shape index (κ2) is 8.20. The molecule has 1 aliphatic rings. The van der Waals surface area contributed by atoms with Crippen LogP contribution in [0.25, 0.3) is 0 Å². The topological polar surface area (TPSA) is 72.2 Å². The summed E-state index contributed by atoms with van der Waals surface area (Å²) in [5, 5.41) is 9.10. The molecule has 0 amide bonds. The van der Waals surface area contributed by atoms with Gasteiger partial charge in [-0.25, -0.2) is 9.37 Å². The number of nitriles is 1. The molecule has 1 fully saturated rings. The molecule has 2 aromatic carbocycles. The highest BCUT2D eigenvalue weighted by Gasteiger charge is 2.86. The van der Waals surface area contributed by atoms with Crippen molar-refractivity contribution in [1.29, 1.82) is 5.26 Å². The Morgan fingerprint density at radius 3 is 2.17 bits per heavy atom. The van der Waals surface area contributed by atoms with E-state index in [0.29, 0.717) is 11.4 Å². The van der Waals surface area contributed by atoms with Crippen LogP contribution >= 0.6 is 0 Å². The summed E-state index contributed by atoms with van der Waals surface area (Å²) in [6.07, 6.45) is 1.52. The Kier molecular flexibility index (Phi) is 5.72. The number of ether oxygens (including phenoxy) is 2. The Morgan fingerprint density at radius 1 is 0.971 bits per heavy atom. The molecule has 0 N–H and O–H groups in total. The van der Waals surface area contributed by atoms with Gasteiger partial charge < -0.3 is 9.47 Å². The molecular weight excluding hydrogens is 443 g/mol. The van der Waals surface area contributed by atoms with E-state index in [1.54, 1.807) is 37.3 Å². The smallest absolute Gasteiger partial charge is 0.329 e. The third-order valence-corrected chi connectivity index (χ3v) is 7.76. The molecule has 0 aliphatic heterocycles. The van der Waals surface area contributed by atoms with Crippen LogP contribution in [0.3, 0.4) is 0 Å². The average Bonchev–Trinajstić information content (AvgIpc) is 3.24. The first kappa shape index (κ1) is 24.4. The molecule has 35 heavy (non-hydrogen) atoms. The van der Waals surface area contributed by atoms with Gasteiger partial charge in [-0.1, -0.05) is 77.1 Å². The molecule has 2 atom stereocenters. The molecule has 1 heterocycles. The number of halogens is 1. The molecule has 2 unspecified atom stereocenters. The minimum atomic E-state index is -1.13. The normalized spacial score (nSPS) is 22.7.